The normalized spacial score (nSPS) is 11.1. The third kappa shape index (κ3) is 3.51. The molecule has 0 fully saturated rings. The number of nitrogens with zero attached hydrogens (tertiary/aromatic N) is 2. The molecule has 0 aliphatic heterocycles. The van der Waals surface area contributed by atoms with Crippen LogP contribution in [0.15, 0.2) is 30.6 Å². The first-order chi connectivity index (χ1) is 9.20. The van der Waals surface area contributed by atoms with Crippen LogP contribution < -0.4 is 0 Å². The van der Waals surface area contributed by atoms with Gasteiger partial charge in [-0.2, -0.15) is 0 Å². The summed E-state index contributed by atoms with van der Waals surface area (Å²) in [6, 6.07) is 5.66. The molecular formula is C14H13ClN2O2. The molecule has 0 amide bonds. The third-order valence-electron chi connectivity index (χ3n) is 2.51. The van der Waals surface area contributed by atoms with E-state index in [2.05, 4.69) is 9.97 Å². The second-order valence-corrected chi connectivity index (χ2v) is 4.21. The molecule has 0 atom stereocenters. The van der Waals surface area contributed by atoms with Crippen LogP contribution in [-0.4, -0.2) is 22.5 Å². The Bertz CT molecular complexity index is 626. The topological polar surface area (TPSA) is 52.1 Å². The molecule has 2 aromatic rings. The molecule has 0 saturated heterocycles. The van der Waals surface area contributed by atoms with Gasteiger partial charge in [0.2, 0.25) is 0 Å². The lowest BCUT2D eigenvalue weighted by Gasteiger charge is -2.00. The zero-order valence-electron chi connectivity index (χ0n) is 10.5. The zero-order valence-corrected chi connectivity index (χ0v) is 11.2. The van der Waals surface area contributed by atoms with Crippen molar-refractivity contribution in [3.05, 3.63) is 41.3 Å². The van der Waals surface area contributed by atoms with Crippen LogP contribution in [0.3, 0.4) is 0 Å². The van der Waals surface area contributed by atoms with Crippen molar-refractivity contribution >= 4 is 34.5 Å². The van der Waals surface area contributed by atoms with Crippen LogP contribution >= 0.6 is 11.6 Å². The first-order valence-corrected chi connectivity index (χ1v) is 6.31. The number of hydrogen-bond donors (Lipinski definition) is 0. The van der Waals surface area contributed by atoms with Gasteiger partial charge in [-0.1, -0.05) is 29.8 Å². The van der Waals surface area contributed by atoms with Crippen molar-refractivity contribution in [2.75, 3.05) is 6.61 Å². The van der Waals surface area contributed by atoms with Crippen molar-refractivity contribution in [2.45, 2.75) is 13.3 Å². The van der Waals surface area contributed by atoms with Gasteiger partial charge in [0.05, 0.1) is 18.5 Å². The summed E-state index contributed by atoms with van der Waals surface area (Å²) >= 11 is 5.96. The van der Waals surface area contributed by atoms with E-state index in [0.717, 1.165) is 16.5 Å². The van der Waals surface area contributed by atoms with Gasteiger partial charge in [-0.15, -0.1) is 0 Å². The first-order valence-electron chi connectivity index (χ1n) is 5.93. The number of rotatable bonds is 4. The second kappa shape index (κ2) is 6.29. The highest BCUT2D eigenvalue weighted by Gasteiger charge is 2.01. The highest BCUT2D eigenvalue weighted by Crippen LogP contribution is 2.20. The van der Waals surface area contributed by atoms with Gasteiger partial charge in [0.15, 0.2) is 0 Å². The van der Waals surface area contributed by atoms with Crippen LogP contribution in [-0.2, 0) is 9.53 Å². The van der Waals surface area contributed by atoms with E-state index in [0.29, 0.717) is 11.8 Å². The fraction of sp³-hybridized carbons (Fsp3) is 0.214. The third-order valence-corrected chi connectivity index (χ3v) is 2.81. The lowest BCUT2D eigenvalue weighted by Crippen LogP contribution is -2.01. The van der Waals surface area contributed by atoms with E-state index in [9.17, 15) is 4.79 Å². The molecule has 1 aromatic heterocycles. The van der Waals surface area contributed by atoms with Crippen molar-refractivity contribution < 1.29 is 9.53 Å². The lowest BCUT2D eigenvalue weighted by molar-refractivity contribution is -0.142. The number of esters is 1. The predicted molar refractivity (Wildman–Crippen MR) is 74.8 cm³/mol. The standard InChI is InChI=1S/C14H13ClN2O2/c1-2-19-13(18)5-3-4-10-6-7-11-12(8-10)16-9-17-14(11)15/h3-4,6-9H,2,5H2,1H3. The van der Waals surface area contributed by atoms with Gasteiger partial charge in [0.25, 0.3) is 0 Å². The Kier molecular flexibility index (Phi) is 4.47. The highest BCUT2D eigenvalue weighted by molar-refractivity contribution is 6.34. The molecule has 1 heterocycles. The molecule has 5 heteroatoms. The molecule has 0 spiro atoms. The maximum atomic E-state index is 11.2. The van der Waals surface area contributed by atoms with Crippen LogP contribution in [0.1, 0.15) is 18.9 Å². The summed E-state index contributed by atoms with van der Waals surface area (Å²) < 4.78 is 4.84. The van der Waals surface area contributed by atoms with Gasteiger partial charge < -0.3 is 4.74 Å². The number of carbonyl (C=O) groups is 1. The molecule has 0 bridgehead atoms. The van der Waals surface area contributed by atoms with Crippen molar-refractivity contribution in [1.29, 1.82) is 0 Å². The number of benzene rings is 1. The van der Waals surface area contributed by atoms with Crippen LogP contribution in [0.25, 0.3) is 17.0 Å². The van der Waals surface area contributed by atoms with E-state index < -0.39 is 0 Å². The summed E-state index contributed by atoms with van der Waals surface area (Å²) in [7, 11) is 0. The fourth-order valence-corrected chi connectivity index (χ4v) is 1.86. The molecule has 19 heavy (non-hydrogen) atoms. The molecule has 2 rings (SSSR count). The van der Waals surface area contributed by atoms with E-state index in [1.807, 2.05) is 24.3 Å². The summed E-state index contributed by atoms with van der Waals surface area (Å²) in [4.78, 5) is 19.3. The molecule has 0 radical (unpaired) electrons. The molecule has 0 unspecified atom stereocenters. The summed E-state index contributed by atoms with van der Waals surface area (Å²) in [5.41, 5.74) is 1.73. The molecule has 0 N–H and O–H groups in total. The van der Waals surface area contributed by atoms with Gasteiger partial charge in [-0.05, 0) is 24.6 Å². The van der Waals surface area contributed by atoms with E-state index >= 15 is 0 Å². The van der Waals surface area contributed by atoms with Crippen LogP contribution in [0.5, 0.6) is 0 Å². The first kappa shape index (κ1) is 13.5. The number of carbonyl (C=O) groups excluding carboxylic acids is 1. The van der Waals surface area contributed by atoms with Crippen molar-refractivity contribution in [3.63, 3.8) is 0 Å². The lowest BCUT2D eigenvalue weighted by atomic mass is 10.1. The Morgan fingerprint density at radius 2 is 2.26 bits per heavy atom. The van der Waals surface area contributed by atoms with Gasteiger partial charge in [-0.25, -0.2) is 9.97 Å². The smallest absolute Gasteiger partial charge is 0.309 e. The number of halogens is 1. The van der Waals surface area contributed by atoms with Gasteiger partial charge in [0, 0.05) is 5.39 Å². The Morgan fingerprint density at radius 1 is 1.42 bits per heavy atom. The van der Waals surface area contributed by atoms with Crippen molar-refractivity contribution in [1.82, 2.24) is 9.97 Å². The SMILES string of the molecule is CCOC(=O)CC=Cc1ccc2c(Cl)ncnc2c1. The highest BCUT2D eigenvalue weighted by atomic mass is 35.5. The molecular weight excluding hydrogens is 264 g/mol. The van der Waals surface area contributed by atoms with Gasteiger partial charge in [0.1, 0.15) is 11.5 Å². The number of aromatic nitrogens is 2. The Hall–Kier alpha value is -1.94. The van der Waals surface area contributed by atoms with E-state index in [4.69, 9.17) is 16.3 Å². The maximum absolute atomic E-state index is 11.2. The van der Waals surface area contributed by atoms with Gasteiger partial charge >= 0.3 is 5.97 Å². The van der Waals surface area contributed by atoms with E-state index in [1.165, 1.54) is 6.33 Å². The fourth-order valence-electron chi connectivity index (χ4n) is 1.66. The molecule has 0 aliphatic carbocycles. The minimum atomic E-state index is -0.232. The second-order valence-electron chi connectivity index (χ2n) is 3.85. The van der Waals surface area contributed by atoms with Crippen LogP contribution in [0.4, 0.5) is 0 Å². The quantitative estimate of drug-likeness (QED) is 0.635. The predicted octanol–water partition coefficient (Wildman–Crippen LogP) is 3.25. The average Bonchev–Trinajstić information content (AvgIpc) is 2.39. The summed E-state index contributed by atoms with van der Waals surface area (Å²) in [5, 5.41) is 1.25. The molecule has 98 valence electrons. The summed E-state index contributed by atoms with van der Waals surface area (Å²) in [5.74, 6) is -0.232. The van der Waals surface area contributed by atoms with Crippen LogP contribution in [0.2, 0.25) is 5.15 Å². The Balaban J connectivity index is 2.13. The van der Waals surface area contributed by atoms with Crippen LogP contribution in [0, 0.1) is 0 Å². The average molecular weight is 277 g/mol. The van der Waals surface area contributed by atoms with Gasteiger partial charge in [-0.3, -0.25) is 4.79 Å². The number of fused-ring (bicyclic) bond motifs is 1. The van der Waals surface area contributed by atoms with Crippen molar-refractivity contribution in [2.24, 2.45) is 0 Å². The summed E-state index contributed by atoms with van der Waals surface area (Å²) in [6.45, 7) is 2.19. The molecule has 0 saturated carbocycles. The Labute approximate surface area is 116 Å². The number of ether oxygens (including phenoxy) is 1. The molecule has 1 aromatic carbocycles. The monoisotopic (exact) mass is 276 g/mol. The van der Waals surface area contributed by atoms with Crippen molar-refractivity contribution in [3.8, 4) is 0 Å². The summed E-state index contributed by atoms with van der Waals surface area (Å²) in [6.07, 6.45) is 5.31. The minimum Gasteiger partial charge on any atom is -0.466 e. The molecule has 0 aliphatic rings. The molecule has 4 nitrogen and oxygen atoms in total. The minimum absolute atomic E-state index is 0.232. The maximum Gasteiger partial charge on any atom is 0.309 e. The van der Waals surface area contributed by atoms with E-state index in [1.54, 1.807) is 13.0 Å². The Morgan fingerprint density at radius 3 is 3.05 bits per heavy atom. The van der Waals surface area contributed by atoms with E-state index in [-0.39, 0.29) is 12.4 Å². The number of hydrogen-bond acceptors (Lipinski definition) is 4. The zero-order chi connectivity index (χ0) is 13.7. The largest absolute Gasteiger partial charge is 0.466 e.